The van der Waals surface area contributed by atoms with Gasteiger partial charge in [0.1, 0.15) is 5.82 Å². The van der Waals surface area contributed by atoms with E-state index in [1.165, 1.54) is 11.3 Å². The van der Waals surface area contributed by atoms with Crippen LogP contribution in [0.1, 0.15) is 41.3 Å². The number of H-pyrrole nitrogens is 1. The highest BCUT2D eigenvalue weighted by Gasteiger charge is 2.15. The Morgan fingerprint density at radius 3 is 2.75 bits per heavy atom. The zero-order valence-electron chi connectivity index (χ0n) is 13.0. The summed E-state index contributed by atoms with van der Waals surface area (Å²) in [7, 11) is 0. The van der Waals surface area contributed by atoms with E-state index in [2.05, 4.69) is 15.3 Å². The SMILES string of the molecule is CC(NC(=O)CCC(=O)c1ccc(Cl)s1)c1nc2ccccc2[nH]1. The van der Waals surface area contributed by atoms with Crippen LogP contribution in [0.5, 0.6) is 0 Å². The third-order valence-corrected chi connectivity index (χ3v) is 4.89. The number of ketones is 1. The second kappa shape index (κ2) is 7.15. The van der Waals surface area contributed by atoms with Crippen molar-refractivity contribution in [3.05, 3.63) is 51.4 Å². The van der Waals surface area contributed by atoms with Crippen LogP contribution < -0.4 is 5.32 Å². The number of rotatable bonds is 6. The van der Waals surface area contributed by atoms with Crippen molar-refractivity contribution >= 4 is 45.7 Å². The number of thiophene rings is 1. The summed E-state index contributed by atoms with van der Waals surface area (Å²) in [6, 6.07) is 10.8. The Kier molecular flexibility index (Phi) is 4.97. The number of Topliss-reactive ketones (excluding diaryl/α,β-unsaturated/α-hetero) is 1. The zero-order chi connectivity index (χ0) is 17.1. The van der Waals surface area contributed by atoms with Crippen molar-refractivity contribution in [2.24, 2.45) is 0 Å². The number of fused-ring (bicyclic) bond motifs is 1. The summed E-state index contributed by atoms with van der Waals surface area (Å²) in [4.78, 5) is 32.3. The lowest BCUT2D eigenvalue weighted by atomic mass is 10.2. The smallest absolute Gasteiger partial charge is 0.221 e. The molecule has 0 aliphatic carbocycles. The van der Waals surface area contributed by atoms with Crippen molar-refractivity contribution in [1.82, 2.24) is 15.3 Å². The molecule has 3 aromatic rings. The number of amides is 1. The highest BCUT2D eigenvalue weighted by Crippen LogP contribution is 2.23. The van der Waals surface area contributed by atoms with Gasteiger partial charge in [0.25, 0.3) is 0 Å². The summed E-state index contributed by atoms with van der Waals surface area (Å²) in [5.74, 6) is 0.443. The number of benzene rings is 1. The molecule has 1 atom stereocenters. The number of carbonyl (C=O) groups is 2. The molecule has 1 unspecified atom stereocenters. The molecule has 3 rings (SSSR count). The quantitative estimate of drug-likeness (QED) is 0.648. The van der Waals surface area contributed by atoms with E-state index in [4.69, 9.17) is 11.6 Å². The molecular weight excluding hydrogens is 346 g/mol. The molecule has 2 N–H and O–H groups in total. The van der Waals surface area contributed by atoms with Crippen LogP contribution in [0.25, 0.3) is 11.0 Å². The van der Waals surface area contributed by atoms with Crippen molar-refractivity contribution < 1.29 is 9.59 Å². The first-order chi connectivity index (χ1) is 11.5. The molecule has 0 aliphatic heterocycles. The lowest BCUT2D eigenvalue weighted by Gasteiger charge is -2.11. The maximum absolute atomic E-state index is 12.1. The molecule has 0 saturated heterocycles. The number of aromatic nitrogens is 2. The van der Waals surface area contributed by atoms with Gasteiger partial charge in [-0.3, -0.25) is 9.59 Å². The second-order valence-corrected chi connectivity index (χ2v) is 7.17. The van der Waals surface area contributed by atoms with E-state index in [0.717, 1.165) is 11.0 Å². The van der Waals surface area contributed by atoms with Crippen molar-refractivity contribution in [1.29, 1.82) is 0 Å². The lowest BCUT2D eigenvalue weighted by molar-refractivity contribution is -0.121. The predicted molar refractivity (Wildman–Crippen MR) is 95.5 cm³/mol. The van der Waals surface area contributed by atoms with Crippen LogP contribution in [0, 0.1) is 0 Å². The Bertz CT molecular complexity index is 854. The maximum Gasteiger partial charge on any atom is 0.221 e. The first-order valence-corrected chi connectivity index (χ1v) is 8.75. The van der Waals surface area contributed by atoms with E-state index in [-0.39, 0.29) is 30.6 Å². The molecule has 5 nitrogen and oxygen atoms in total. The fourth-order valence-corrected chi connectivity index (χ4v) is 3.38. The average Bonchev–Trinajstić information content (AvgIpc) is 3.18. The molecule has 0 saturated carbocycles. The zero-order valence-corrected chi connectivity index (χ0v) is 14.6. The molecule has 7 heteroatoms. The molecule has 2 heterocycles. The van der Waals surface area contributed by atoms with Gasteiger partial charge in [-0.2, -0.15) is 0 Å². The van der Waals surface area contributed by atoms with Gasteiger partial charge in [-0.15, -0.1) is 11.3 Å². The van der Waals surface area contributed by atoms with Crippen molar-refractivity contribution in [2.75, 3.05) is 0 Å². The van der Waals surface area contributed by atoms with Crippen molar-refractivity contribution in [2.45, 2.75) is 25.8 Å². The standard InChI is InChI=1S/C17H16ClN3O2S/c1-10(17-20-11-4-2-3-5-12(11)21-17)19-16(23)9-6-13(22)14-7-8-15(18)24-14/h2-5,7-8,10H,6,9H2,1H3,(H,19,23)(H,20,21). The normalized spacial score (nSPS) is 12.2. The first-order valence-electron chi connectivity index (χ1n) is 7.55. The van der Waals surface area contributed by atoms with Crippen LogP contribution in [0.4, 0.5) is 0 Å². The Balaban J connectivity index is 1.55. The number of hydrogen-bond donors (Lipinski definition) is 2. The van der Waals surface area contributed by atoms with Gasteiger partial charge in [-0.25, -0.2) is 4.98 Å². The van der Waals surface area contributed by atoms with Gasteiger partial charge >= 0.3 is 0 Å². The van der Waals surface area contributed by atoms with E-state index < -0.39 is 0 Å². The summed E-state index contributed by atoms with van der Waals surface area (Å²) in [5, 5.41) is 2.86. The highest BCUT2D eigenvalue weighted by molar-refractivity contribution is 7.18. The number of carbonyl (C=O) groups excluding carboxylic acids is 2. The molecule has 1 aromatic carbocycles. The monoisotopic (exact) mass is 361 g/mol. The third-order valence-electron chi connectivity index (χ3n) is 3.62. The summed E-state index contributed by atoms with van der Waals surface area (Å²) >= 11 is 7.04. The van der Waals surface area contributed by atoms with Crippen LogP contribution in [-0.4, -0.2) is 21.7 Å². The summed E-state index contributed by atoms with van der Waals surface area (Å²) < 4.78 is 0.571. The second-order valence-electron chi connectivity index (χ2n) is 5.46. The number of halogens is 1. The molecule has 0 spiro atoms. The minimum atomic E-state index is -0.254. The number of imidazole rings is 1. The number of aromatic amines is 1. The third kappa shape index (κ3) is 3.83. The van der Waals surface area contributed by atoms with Crippen LogP contribution in [-0.2, 0) is 4.79 Å². The summed E-state index contributed by atoms with van der Waals surface area (Å²) in [6.07, 6.45) is 0.300. The number of nitrogens with zero attached hydrogens (tertiary/aromatic N) is 1. The van der Waals surface area contributed by atoms with Gasteiger partial charge in [-0.05, 0) is 31.2 Å². The van der Waals surface area contributed by atoms with Crippen molar-refractivity contribution in [3.8, 4) is 0 Å². The first kappa shape index (κ1) is 16.7. The molecule has 124 valence electrons. The molecule has 2 aromatic heterocycles. The van der Waals surface area contributed by atoms with E-state index in [9.17, 15) is 9.59 Å². The molecule has 0 fully saturated rings. The Labute approximate surface area is 148 Å². The number of hydrogen-bond acceptors (Lipinski definition) is 4. The van der Waals surface area contributed by atoms with Gasteiger partial charge in [-0.1, -0.05) is 23.7 Å². The van der Waals surface area contributed by atoms with Crippen LogP contribution >= 0.6 is 22.9 Å². The van der Waals surface area contributed by atoms with Crippen LogP contribution in [0.15, 0.2) is 36.4 Å². The average molecular weight is 362 g/mol. The molecule has 0 bridgehead atoms. The van der Waals surface area contributed by atoms with Gasteiger partial charge in [0.05, 0.1) is 26.3 Å². The lowest BCUT2D eigenvalue weighted by Crippen LogP contribution is -2.27. The minimum Gasteiger partial charge on any atom is -0.346 e. The van der Waals surface area contributed by atoms with Crippen LogP contribution in [0.3, 0.4) is 0 Å². The van der Waals surface area contributed by atoms with E-state index in [1.807, 2.05) is 31.2 Å². The highest BCUT2D eigenvalue weighted by atomic mass is 35.5. The van der Waals surface area contributed by atoms with Gasteiger partial charge in [0, 0.05) is 12.8 Å². The number of nitrogens with one attached hydrogen (secondary N) is 2. The van der Waals surface area contributed by atoms with Crippen molar-refractivity contribution in [3.63, 3.8) is 0 Å². The maximum atomic E-state index is 12.1. The molecule has 1 amide bonds. The van der Waals surface area contributed by atoms with Gasteiger partial charge in [0.2, 0.25) is 5.91 Å². The number of para-hydroxylation sites is 2. The molecule has 0 aliphatic rings. The Morgan fingerprint density at radius 2 is 2.04 bits per heavy atom. The van der Waals surface area contributed by atoms with E-state index in [1.54, 1.807) is 12.1 Å². The van der Waals surface area contributed by atoms with E-state index in [0.29, 0.717) is 15.0 Å². The van der Waals surface area contributed by atoms with E-state index >= 15 is 0 Å². The topological polar surface area (TPSA) is 74.8 Å². The van der Waals surface area contributed by atoms with Crippen LogP contribution in [0.2, 0.25) is 4.34 Å². The Hall–Kier alpha value is -2.18. The largest absolute Gasteiger partial charge is 0.346 e. The fourth-order valence-electron chi connectivity index (χ4n) is 2.37. The molecule has 0 radical (unpaired) electrons. The summed E-state index contributed by atoms with van der Waals surface area (Å²) in [5.41, 5.74) is 1.79. The summed E-state index contributed by atoms with van der Waals surface area (Å²) in [6.45, 7) is 1.86. The predicted octanol–water partition coefficient (Wildman–Crippen LogP) is 4.12. The minimum absolute atomic E-state index is 0.0709. The molecule has 24 heavy (non-hydrogen) atoms. The van der Waals surface area contributed by atoms with Gasteiger partial charge in [0.15, 0.2) is 5.78 Å². The fraction of sp³-hybridized carbons (Fsp3) is 0.235. The van der Waals surface area contributed by atoms with Gasteiger partial charge < -0.3 is 10.3 Å². The molecular formula is C17H16ClN3O2S. The Morgan fingerprint density at radius 1 is 1.25 bits per heavy atom.